The van der Waals surface area contributed by atoms with E-state index in [1.807, 2.05) is 6.92 Å². The molecule has 0 aliphatic heterocycles. The number of benzene rings is 1. The molecule has 0 unspecified atom stereocenters. The van der Waals surface area contributed by atoms with Gasteiger partial charge in [0.25, 0.3) is 0 Å². The number of hydrogen-bond acceptors (Lipinski definition) is 4. The fourth-order valence-corrected chi connectivity index (χ4v) is 1.48. The molecule has 0 heterocycles. The lowest BCUT2D eigenvalue weighted by Gasteiger charge is -2.16. The highest BCUT2D eigenvalue weighted by Gasteiger charge is 2.15. The summed E-state index contributed by atoms with van der Waals surface area (Å²) in [4.78, 5) is 23.1. The van der Waals surface area contributed by atoms with Gasteiger partial charge in [0.05, 0.1) is 5.69 Å². The number of azo groups is 1. The van der Waals surface area contributed by atoms with Crippen molar-refractivity contribution in [1.29, 1.82) is 0 Å². The molecule has 114 valence electrons. The molecular weight excluding hydrogens is 270 g/mol. The molecule has 0 atom stereocenters. The van der Waals surface area contributed by atoms with E-state index in [9.17, 15) is 9.59 Å². The zero-order chi connectivity index (χ0) is 15.9. The maximum atomic E-state index is 11.6. The first-order valence-corrected chi connectivity index (χ1v) is 6.85. The molecule has 0 aliphatic rings. The van der Waals surface area contributed by atoms with E-state index in [0.717, 1.165) is 6.42 Å². The average Bonchev–Trinajstić information content (AvgIpc) is 2.36. The normalized spacial score (nSPS) is 11.4. The Hall–Kier alpha value is -2.24. The fourth-order valence-electron chi connectivity index (χ4n) is 1.48. The number of nitrogens with one attached hydrogen (secondary N) is 1. The molecule has 0 saturated carbocycles. The van der Waals surface area contributed by atoms with Crippen LogP contribution in [0.15, 0.2) is 34.5 Å². The molecule has 0 spiro atoms. The monoisotopic (exact) mass is 291 g/mol. The minimum atomic E-state index is -0.766. The van der Waals surface area contributed by atoms with Crippen LogP contribution in [0.4, 0.5) is 16.2 Å². The SMILES string of the molecule is CCCC(=O)Nc1ccccc1N=NC(=O)OC(C)(C)C. The maximum Gasteiger partial charge on any atom is 0.452 e. The third-order valence-corrected chi connectivity index (χ3v) is 2.29. The molecule has 0 radical (unpaired) electrons. The predicted octanol–water partition coefficient (Wildman–Crippen LogP) is 4.44. The predicted molar refractivity (Wildman–Crippen MR) is 80.7 cm³/mol. The van der Waals surface area contributed by atoms with Crippen LogP contribution in [0.1, 0.15) is 40.5 Å². The van der Waals surface area contributed by atoms with Gasteiger partial charge in [0.1, 0.15) is 11.3 Å². The molecule has 0 fully saturated rings. The minimum Gasteiger partial charge on any atom is -0.441 e. The lowest BCUT2D eigenvalue weighted by atomic mass is 10.2. The number of anilines is 1. The summed E-state index contributed by atoms with van der Waals surface area (Å²) in [6, 6.07) is 6.89. The largest absolute Gasteiger partial charge is 0.452 e. The standard InChI is InChI=1S/C15H21N3O3/c1-5-8-13(19)16-11-9-6-7-10-12(11)17-18-14(20)21-15(2,3)4/h6-7,9-10H,5,8H2,1-4H3,(H,16,19). The first-order valence-electron chi connectivity index (χ1n) is 6.85. The average molecular weight is 291 g/mol. The Labute approximate surface area is 124 Å². The maximum absolute atomic E-state index is 11.6. The van der Waals surface area contributed by atoms with Crippen molar-refractivity contribution >= 4 is 23.4 Å². The van der Waals surface area contributed by atoms with Gasteiger partial charge in [-0.15, -0.1) is 5.11 Å². The highest BCUT2D eigenvalue weighted by molar-refractivity contribution is 5.93. The zero-order valence-corrected chi connectivity index (χ0v) is 12.8. The number of hydrogen-bond donors (Lipinski definition) is 1. The van der Waals surface area contributed by atoms with E-state index in [1.54, 1.807) is 45.0 Å². The molecule has 2 amide bonds. The van der Waals surface area contributed by atoms with E-state index in [1.165, 1.54) is 0 Å². The molecule has 0 aliphatic carbocycles. The highest BCUT2D eigenvalue weighted by atomic mass is 16.6. The Kier molecular flexibility index (Phi) is 6.02. The van der Waals surface area contributed by atoms with Gasteiger partial charge < -0.3 is 10.1 Å². The molecule has 1 N–H and O–H groups in total. The van der Waals surface area contributed by atoms with Gasteiger partial charge >= 0.3 is 6.09 Å². The van der Waals surface area contributed by atoms with Crippen molar-refractivity contribution in [3.8, 4) is 0 Å². The van der Waals surface area contributed by atoms with E-state index < -0.39 is 11.7 Å². The number of nitrogens with zero attached hydrogens (tertiary/aromatic N) is 2. The lowest BCUT2D eigenvalue weighted by molar-refractivity contribution is -0.116. The Morgan fingerprint density at radius 1 is 1.24 bits per heavy atom. The molecule has 6 heteroatoms. The number of rotatable bonds is 4. The first kappa shape index (κ1) is 16.8. The highest BCUT2D eigenvalue weighted by Crippen LogP contribution is 2.25. The summed E-state index contributed by atoms with van der Waals surface area (Å²) in [5.74, 6) is -0.0996. The molecule has 0 aromatic heterocycles. The summed E-state index contributed by atoms with van der Waals surface area (Å²) in [5.41, 5.74) is 0.307. The van der Waals surface area contributed by atoms with Gasteiger partial charge in [-0.25, -0.2) is 4.79 Å². The van der Waals surface area contributed by atoms with Gasteiger partial charge in [-0.1, -0.05) is 24.2 Å². The van der Waals surface area contributed by atoms with E-state index in [2.05, 4.69) is 15.5 Å². The second-order valence-electron chi connectivity index (χ2n) is 5.50. The van der Waals surface area contributed by atoms with Gasteiger partial charge in [-0.2, -0.15) is 0 Å². The molecule has 1 rings (SSSR count). The van der Waals surface area contributed by atoms with Crippen LogP contribution in [0, 0.1) is 0 Å². The molecule has 0 bridgehead atoms. The van der Waals surface area contributed by atoms with Crippen molar-refractivity contribution in [2.24, 2.45) is 10.2 Å². The number of amides is 2. The molecule has 6 nitrogen and oxygen atoms in total. The van der Waals surface area contributed by atoms with Gasteiger partial charge in [-0.3, -0.25) is 4.79 Å². The first-order chi connectivity index (χ1) is 9.81. The summed E-state index contributed by atoms with van der Waals surface area (Å²) in [6.45, 7) is 7.17. The third kappa shape index (κ3) is 6.65. The Bertz CT molecular complexity index is 533. The van der Waals surface area contributed by atoms with Crippen molar-refractivity contribution in [1.82, 2.24) is 0 Å². The quantitative estimate of drug-likeness (QED) is 0.832. The van der Waals surface area contributed by atoms with Gasteiger partial charge in [0.2, 0.25) is 5.91 Å². The third-order valence-electron chi connectivity index (χ3n) is 2.29. The Morgan fingerprint density at radius 3 is 2.52 bits per heavy atom. The van der Waals surface area contributed by atoms with E-state index in [4.69, 9.17) is 4.74 Å². The van der Waals surface area contributed by atoms with Crippen LogP contribution in [0.2, 0.25) is 0 Å². The zero-order valence-electron chi connectivity index (χ0n) is 12.8. The second kappa shape index (κ2) is 7.52. The Morgan fingerprint density at radius 2 is 1.90 bits per heavy atom. The van der Waals surface area contributed by atoms with Crippen molar-refractivity contribution < 1.29 is 14.3 Å². The van der Waals surface area contributed by atoms with Gasteiger partial charge in [0, 0.05) is 6.42 Å². The fraction of sp³-hybridized carbons (Fsp3) is 0.467. The van der Waals surface area contributed by atoms with Crippen LogP contribution in [0.3, 0.4) is 0 Å². The molecule has 0 saturated heterocycles. The van der Waals surface area contributed by atoms with Crippen LogP contribution in [-0.4, -0.2) is 17.6 Å². The number of para-hydroxylation sites is 1. The molecule has 1 aromatic carbocycles. The van der Waals surface area contributed by atoms with Gasteiger partial charge in [0.15, 0.2) is 0 Å². The smallest absolute Gasteiger partial charge is 0.441 e. The van der Waals surface area contributed by atoms with Gasteiger partial charge in [-0.05, 0) is 39.3 Å². The van der Waals surface area contributed by atoms with Crippen LogP contribution in [0.25, 0.3) is 0 Å². The topological polar surface area (TPSA) is 80.1 Å². The second-order valence-corrected chi connectivity index (χ2v) is 5.50. The summed E-state index contributed by atoms with van der Waals surface area (Å²) in [7, 11) is 0. The van der Waals surface area contributed by atoms with E-state index in [0.29, 0.717) is 17.8 Å². The van der Waals surface area contributed by atoms with E-state index in [-0.39, 0.29) is 5.91 Å². The molecule has 1 aromatic rings. The molecular formula is C15H21N3O3. The summed E-state index contributed by atoms with van der Waals surface area (Å²) >= 11 is 0. The summed E-state index contributed by atoms with van der Waals surface area (Å²) in [5, 5.41) is 10.1. The number of carbonyl (C=O) groups is 2. The summed E-state index contributed by atoms with van der Waals surface area (Å²) in [6.07, 6.45) is 0.419. The van der Waals surface area contributed by atoms with Crippen molar-refractivity contribution in [2.45, 2.75) is 46.1 Å². The minimum absolute atomic E-state index is 0.0996. The molecule has 21 heavy (non-hydrogen) atoms. The number of ether oxygens (including phenoxy) is 1. The summed E-state index contributed by atoms with van der Waals surface area (Å²) < 4.78 is 5.03. The van der Waals surface area contributed by atoms with Crippen LogP contribution in [0.5, 0.6) is 0 Å². The van der Waals surface area contributed by atoms with Crippen molar-refractivity contribution in [3.05, 3.63) is 24.3 Å². The number of carbonyl (C=O) groups excluding carboxylic acids is 2. The van der Waals surface area contributed by atoms with Crippen molar-refractivity contribution in [3.63, 3.8) is 0 Å². The van der Waals surface area contributed by atoms with Crippen LogP contribution >= 0.6 is 0 Å². The van der Waals surface area contributed by atoms with Crippen LogP contribution < -0.4 is 5.32 Å². The lowest BCUT2D eigenvalue weighted by Crippen LogP contribution is -2.21. The van der Waals surface area contributed by atoms with Crippen LogP contribution in [-0.2, 0) is 9.53 Å². The van der Waals surface area contributed by atoms with Crippen molar-refractivity contribution in [2.75, 3.05) is 5.32 Å². The Balaban J connectivity index is 2.79. The van der Waals surface area contributed by atoms with E-state index >= 15 is 0 Å².